The van der Waals surface area contributed by atoms with E-state index in [4.69, 9.17) is 10.7 Å². The number of hydrogen-bond acceptors (Lipinski definition) is 7. The van der Waals surface area contributed by atoms with E-state index in [0.717, 1.165) is 68.3 Å². The van der Waals surface area contributed by atoms with Crippen LogP contribution in [0.3, 0.4) is 0 Å². The van der Waals surface area contributed by atoms with Crippen LogP contribution in [0.4, 0.5) is 11.5 Å². The Morgan fingerprint density at radius 2 is 1.84 bits per heavy atom. The molecule has 4 heterocycles. The number of hydrogen-bond donors (Lipinski definition) is 2. The molecule has 1 aromatic carbocycles. The quantitative estimate of drug-likeness (QED) is 0.463. The lowest BCUT2D eigenvalue weighted by molar-refractivity contribution is -0.146. The third kappa shape index (κ3) is 5.14. The molecule has 2 atom stereocenters. The average Bonchev–Trinajstić information content (AvgIpc) is 3.67. The number of piperidine rings is 2. The molecule has 2 aromatic heterocycles. The van der Waals surface area contributed by atoms with Crippen LogP contribution in [-0.2, 0) is 9.59 Å². The van der Waals surface area contributed by atoms with Crippen molar-refractivity contribution in [3.8, 4) is 0 Å². The largest absolute Gasteiger partial charge is 0.383 e. The van der Waals surface area contributed by atoms with E-state index < -0.39 is 11.8 Å². The summed E-state index contributed by atoms with van der Waals surface area (Å²) < 4.78 is 1.18. The highest BCUT2D eigenvalue weighted by atomic mass is 32.1. The molecule has 0 radical (unpaired) electrons. The number of benzene rings is 1. The van der Waals surface area contributed by atoms with Crippen LogP contribution in [0.25, 0.3) is 10.2 Å². The Morgan fingerprint density at radius 3 is 2.61 bits per heavy atom. The van der Waals surface area contributed by atoms with Gasteiger partial charge in [-0.1, -0.05) is 13.0 Å². The number of likely N-dealkylation sites (tertiary alicyclic amines) is 2. The number of anilines is 2. The monoisotopic (exact) mass is 532 g/mol. The third-order valence-electron chi connectivity index (χ3n) is 8.38. The fourth-order valence-corrected chi connectivity index (χ4v) is 7.04. The lowest BCUT2D eigenvalue weighted by Gasteiger charge is -2.38. The van der Waals surface area contributed by atoms with Crippen molar-refractivity contribution in [2.24, 2.45) is 5.92 Å². The molecule has 2 saturated heterocycles. The number of nitrogens with one attached hydrogen (secondary N) is 1. The fraction of sp³-hybridized carbons (Fsp3) is 0.517. The number of nitrogens with zero attached hydrogens (tertiary/aromatic N) is 4. The van der Waals surface area contributed by atoms with E-state index in [-0.39, 0.29) is 6.04 Å². The summed E-state index contributed by atoms with van der Waals surface area (Å²) >= 11 is 1.79. The van der Waals surface area contributed by atoms with Crippen LogP contribution in [0.2, 0.25) is 0 Å². The number of rotatable bonds is 4. The summed E-state index contributed by atoms with van der Waals surface area (Å²) in [6, 6.07) is 8.10. The molecule has 3 N–H and O–H groups in total. The van der Waals surface area contributed by atoms with E-state index in [0.29, 0.717) is 35.8 Å². The summed E-state index contributed by atoms with van der Waals surface area (Å²) in [5.74, 6) is 0.629. The van der Waals surface area contributed by atoms with Gasteiger partial charge in [0.15, 0.2) is 0 Å². The Balaban J connectivity index is 1.21. The van der Waals surface area contributed by atoms with Crippen molar-refractivity contribution < 1.29 is 9.59 Å². The smallest absolute Gasteiger partial charge is 0.313 e. The molecule has 8 nitrogen and oxygen atoms in total. The van der Waals surface area contributed by atoms with Crippen LogP contribution >= 0.6 is 11.3 Å². The molecular formula is C29H36N6O2S. The molecule has 0 unspecified atom stereocenters. The van der Waals surface area contributed by atoms with Crippen LogP contribution < -0.4 is 11.1 Å². The van der Waals surface area contributed by atoms with Gasteiger partial charge in [-0.2, -0.15) is 0 Å². The number of carbonyl (C=O) groups excluding carboxylic acids is 2. The maximum Gasteiger partial charge on any atom is 0.313 e. The van der Waals surface area contributed by atoms with Crippen LogP contribution in [0.5, 0.6) is 0 Å². The topological polar surface area (TPSA) is 104 Å². The third-order valence-corrected chi connectivity index (χ3v) is 9.58. The molecule has 2 aliphatic heterocycles. The summed E-state index contributed by atoms with van der Waals surface area (Å²) in [4.78, 5) is 40.0. The van der Waals surface area contributed by atoms with E-state index in [2.05, 4.69) is 47.4 Å². The van der Waals surface area contributed by atoms with Crippen LogP contribution in [0, 0.1) is 5.92 Å². The molecular weight excluding hydrogens is 496 g/mol. The number of nitrogens with two attached hydrogens (primary N) is 1. The summed E-state index contributed by atoms with van der Waals surface area (Å²) in [5, 5.41) is 4.01. The molecule has 200 valence electrons. The van der Waals surface area contributed by atoms with Gasteiger partial charge in [0.1, 0.15) is 5.82 Å². The Labute approximate surface area is 227 Å². The number of pyridine rings is 1. The summed E-state index contributed by atoms with van der Waals surface area (Å²) in [7, 11) is 2.18. The minimum absolute atomic E-state index is 0.145. The number of thiazole rings is 1. The molecule has 0 spiro atoms. The van der Waals surface area contributed by atoms with Crippen molar-refractivity contribution in [2.75, 3.05) is 37.7 Å². The molecule has 0 bridgehead atoms. The van der Waals surface area contributed by atoms with Gasteiger partial charge in [0.2, 0.25) is 0 Å². The molecule has 1 aliphatic carbocycles. The zero-order valence-corrected chi connectivity index (χ0v) is 23.0. The molecule has 1 saturated carbocycles. The first-order chi connectivity index (χ1) is 18.4. The number of fused-ring (bicyclic) bond motifs is 1. The van der Waals surface area contributed by atoms with Gasteiger partial charge >= 0.3 is 11.8 Å². The number of amides is 2. The van der Waals surface area contributed by atoms with Crippen LogP contribution in [0.15, 0.2) is 30.5 Å². The van der Waals surface area contributed by atoms with Crippen molar-refractivity contribution in [3.63, 3.8) is 0 Å². The molecule has 38 heavy (non-hydrogen) atoms. The Kier molecular flexibility index (Phi) is 6.82. The van der Waals surface area contributed by atoms with E-state index >= 15 is 0 Å². The van der Waals surface area contributed by atoms with Crippen molar-refractivity contribution in [2.45, 2.75) is 63.3 Å². The molecule has 6 rings (SSSR count). The maximum absolute atomic E-state index is 13.5. The van der Waals surface area contributed by atoms with Gasteiger partial charge in [0.05, 0.1) is 33.2 Å². The number of carbonyl (C=O) groups is 2. The second-order valence-corrected chi connectivity index (χ2v) is 12.5. The van der Waals surface area contributed by atoms with Gasteiger partial charge in [-0.05, 0) is 99.8 Å². The van der Waals surface area contributed by atoms with Gasteiger partial charge < -0.3 is 20.9 Å². The highest BCUT2D eigenvalue weighted by molar-refractivity contribution is 7.18. The molecule has 9 heteroatoms. The molecule has 2 amide bonds. The van der Waals surface area contributed by atoms with Gasteiger partial charge in [0, 0.05) is 12.5 Å². The molecule has 3 fully saturated rings. The average molecular weight is 533 g/mol. The highest BCUT2D eigenvalue weighted by Gasteiger charge is 2.35. The normalized spacial score (nSPS) is 23.1. The predicted molar refractivity (Wildman–Crippen MR) is 151 cm³/mol. The zero-order valence-electron chi connectivity index (χ0n) is 22.2. The first-order valence-corrected chi connectivity index (χ1v) is 14.6. The van der Waals surface area contributed by atoms with Gasteiger partial charge in [-0.25, -0.2) is 9.97 Å². The first kappa shape index (κ1) is 25.2. The molecule has 3 aromatic rings. The Morgan fingerprint density at radius 1 is 1.05 bits per heavy atom. The SMILES string of the molecule is C[C@@H]1CC[C@@H](c2ccc3sc(C4CCN(C)CC4)nc3c2)N(C(=O)C(=O)Nc2cnc(N)c(C3CC3)c2)C1. The van der Waals surface area contributed by atoms with Gasteiger partial charge in [-0.15, -0.1) is 11.3 Å². The zero-order chi connectivity index (χ0) is 26.4. The predicted octanol–water partition coefficient (Wildman–Crippen LogP) is 4.90. The second-order valence-electron chi connectivity index (χ2n) is 11.4. The van der Waals surface area contributed by atoms with Gasteiger partial charge in [-0.3, -0.25) is 9.59 Å². The van der Waals surface area contributed by atoms with Crippen molar-refractivity contribution in [1.29, 1.82) is 0 Å². The number of nitrogen functional groups attached to an aromatic ring is 1. The summed E-state index contributed by atoms with van der Waals surface area (Å²) in [6.45, 7) is 4.91. The molecule has 3 aliphatic rings. The standard InChI is InChI=1S/C29H36N6O2S/c1-17-3-7-24(20-6-8-25-23(13-20)33-28(38-25)19-9-11-34(2)12-10-19)35(16-17)29(37)27(36)32-21-14-22(18-4-5-18)26(30)31-15-21/h6,8,13-15,17-19,24H,3-5,7,9-12,16H2,1-2H3,(H2,30,31)(H,32,36)/t17-,24+/m1/s1. The van der Waals surface area contributed by atoms with E-state index in [1.54, 1.807) is 16.2 Å². The second kappa shape index (κ2) is 10.3. The minimum Gasteiger partial charge on any atom is -0.383 e. The first-order valence-electron chi connectivity index (χ1n) is 13.8. The van der Waals surface area contributed by atoms with E-state index in [9.17, 15) is 9.59 Å². The maximum atomic E-state index is 13.5. The lowest BCUT2D eigenvalue weighted by Crippen LogP contribution is -2.46. The van der Waals surface area contributed by atoms with E-state index in [1.807, 2.05) is 6.07 Å². The van der Waals surface area contributed by atoms with Crippen molar-refractivity contribution in [1.82, 2.24) is 19.8 Å². The Bertz CT molecular complexity index is 1360. The van der Waals surface area contributed by atoms with Gasteiger partial charge in [0.25, 0.3) is 0 Å². The van der Waals surface area contributed by atoms with Crippen molar-refractivity contribution >= 4 is 44.9 Å². The summed E-state index contributed by atoms with van der Waals surface area (Å²) in [5.41, 5.74) is 9.54. The van der Waals surface area contributed by atoms with Crippen LogP contribution in [-0.4, -0.2) is 58.3 Å². The van der Waals surface area contributed by atoms with Crippen molar-refractivity contribution in [3.05, 3.63) is 46.6 Å². The minimum atomic E-state index is -0.628. The Hall–Kier alpha value is -3.04. The highest BCUT2D eigenvalue weighted by Crippen LogP contribution is 2.43. The van der Waals surface area contributed by atoms with E-state index in [1.165, 1.54) is 15.9 Å². The number of aromatic nitrogens is 2. The lowest BCUT2D eigenvalue weighted by atomic mass is 9.89. The van der Waals surface area contributed by atoms with Crippen LogP contribution in [0.1, 0.15) is 79.5 Å². The summed E-state index contributed by atoms with van der Waals surface area (Å²) in [6.07, 6.45) is 7.82. The fourth-order valence-electron chi connectivity index (χ4n) is 5.92.